The summed E-state index contributed by atoms with van der Waals surface area (Å²) in [6, 6.07) is 10.3. The third kappa shape index (κ3) is 3.75. The first-order valence-corrected chi connectivity index (χ1v) is 6.88. The SMILES string of the molecule is O=C1CC(O)CN1CCCSc1ccccc1. The first kappa shape index (κ1) is 12.5. The fraction of sp³-hybridized carbons (Fsp3) is 0.462. The fourth-order valence-corrected chi connectivity index (χ4v) is 2.79. The quantitative estimate of drug-likeness (QED) is 0.640. The van der Waals surface area contributed by atoms with E-state index in [1.165, 1.54) is 4.90 Å². The van der Waals surface area contributed by atoms with E-state index in [9.17, 15) is 9.90 Å². The summed E-state index contributed by atoms with van der Waals surface area (Å²) in [5, 5.41) is 9.34. The van der Waals surface area contributed by atoms with E-state index in [1.54, 1.807) is 16.7 Å². The number of benzene rings is 1. The van der Waals surface area contributed by atoms with Crippen molar-refractivity contribution in [2.45, 2.75) is 23.8 Å². The molecule has 1 heterocycles. The predicted molar refractivity (Wildman–Crippen MR) is 69.0 cm³/mol. The molecule has 0 spiro atoms. The Morgan fingerprint density at radius 1 is 1.35 bits per heavy atom. The Morgan fingerprint density at radius 3 is 2.76 bits per heavy atom. The van der Waals surface area contributed by atoms with E-state index in [4.69, 9.17) is 0 Å². The lowest BCUT2D eigenvalue weighted by molar-refractivity contribution is -0.127. The van der Waals surface area contributed by atoms with Gasteiger partial charge in [-0.05, 0) is 24.3 Å². The van der Waals surface area contributed by atoms with Crippen molar-refractivity contribution in [3.63, 3.8) is 0 Å². The lowest BCUT2D eigenvalue weighted by Crippen LogP contribution is -2.27. The number of β-amino-alcohol motifs (C(OH)–C–C–N with tert-alkyl or cyclic N) is 1. The Hall–Kier alpha value is -1.00. The molecular formula is C13H17NO2S. The maximum atomic E-state index is 11.4. The van der Waals surface area contributed by atoms with Crippen LogP contribution in [0.1, 0.15) is 12.8 Å². The molecule has 1 unspecified atom stereocenters. The first-order chi connectivity index (χ1) is 8.25. The third-order valence-electron chi connectivity index (χ3n) is 2.78. The Labute approximate surface area is 106 Å². The highest BCUT2D eigenvalue weighted by Gasteiger charge is 2.26. The van der Waals surface area contributed by atoms with E-state index in [1.807, 2.05) is 18.2 Å². The number of carbonyl (C=O) groups is 1. The van der Waals surface area contributed by atoms with Crippen LogP contribution < -0.4 is 0 Å². The second-order valence-electron chi connectivity index (χ2n) is 4.21. The van der Waals surface area contributed by atoms with Crippen molar-refractivity contribution in [3.05, 3.63) is 30.3 Å². The summed E-state index contributed by atoms with van der Waals surface area (Å²) in [4.78, 5) is 14.4. The lowest BCUT2D eigenvalue weighted by atomic mass is 10.3. The summed E-state index contributed by atoms with van der Waals surface area (Å²) in [7, 11) is 0. The average Bonchev–Trinajstić information content (AvgIpc) is 2.65. The number of thioether (sulfide) groups is 1. The molecular weight excluding hydrogens is 234 g/mol. The van der Waals surface area contributed by atoms with Crippen molar-refractivity contribution in [1.82, 2.24) is 4.90 Å². The Morgan fingerprint density at radius 2 is 2.12 bits per heavy atom. The van der Waals surface area contributed by atoms with E-state index < -0.39 is 6.10 Å². The van der Waals surface area contributed by atoms with Gasteiger partial charge in [-0.1, -0.05) is 18.2 Å². The van der Waals surface area contributed by atoms with Crippen LogP contribution in [-0.4, -0.2) is 40.9 Å². The number of carbonyl (C=O) groups excluding carboxylic acids is 1. The number of hydrogen-bond acceptors (Lipinski definition) is 3. The fourth-order valence-electron chi connectivity index (χ4n) is 1.93. The molecule has 1 saturated heterocycles. The summed E-state index contributed by atoms with van der Waals surface area (Å²) >= 11 is 1.81. The summed E-state index contributed by atoms with van der Waals surface area (Å²) in [6.07, 6.45) is 0.813. The summed E-state index contributed by atoms with van der Waals surface area (Å²) in [5.74, 6) is 1.09. The molecule has 0 aliphatic carbocycles. The molecule has 1 fully saturated rings. The van der Waals surface area contributed by atoms with Crippen LogP contribution in [0.5, 0.6) is 0 Å². The molecule has 1 N–H and O–H groups in total. The van der Waals surface area contributed by atoms with Crippen LogP contribution in [0.25, 0.3) is 0 Å². The standard InChI is InChI=1S/C13H17NO2S/c15-11-9-13(16)14(10-11)7-4-8-17-12-5-2-1-3-6-12/h1-3,5-6,11,15H,4,7-10H2. The molecule has 1 aromatic rings. The molecule has 0 radical (unpaired) electrons. The molecule has 17 heavy (non-hydrogen) atoms. The highest BCUT2D eigenvalue weighted by Crippen LogP contribution is 2.18. The minimum atomic E-state index is -0.454. The number of hydrogen-bond donors (Lipinski definition) is 1. The smallest absolute Gasteiger partial charge is 0.225 e. The van der Waals surface area contributed by atoms with Gasteiger partial charge in [-0.25, -0.2) is 0 Å². The zero-order valence-electron chi connectivity index (χ0n) is 9.71. The van der Waals surface area contributed by atoms with Gasteiger partial charge < -0.3 is 10.0 Å². The van der Waals surface area contributed by atoms with Gasteiger partial charge in [0.25, 0.3) is 0 Å². The zero-order chi connectivity index (χ0) is 12.1. The van der Waals surface area contributed by atoms with E-state index in [0.29, 0.717) is 13.0 Å². The second kappa shape index (κ2) is 6.07. The first-order valence-electron chi connectivity index (χ1n) is 5.89. The van der Waals surface area contributed by atoms with E-state index in [2.05, 4.69) is 12.1 Å². The van der Waals surface area contributed by atoms with Gasteiger partial charge >= 0.3 is 0 Å². The van der Waals surface area contributed by atoms with Gasteiger partial charge in [0.05, 0.1) is 12.5 Å². The van der Waals surface area contributed by atoms with Crippen LogP contribution in [0.2, 0.25) is 0 Å². The van der Waals surface area contributed by atoms with Crippen LogP contribution in [0.15, 0.2) is 35.2 Å². The second-order valence-corrected chi connectivity index (χ2v) is 5.38. The van der Waals surface area contributed by atoms with Crippen LogP contribution in [0.4, 0.5) is 0 Å². The molecule has 1 aliphatic rings. The zero-order valence-corrected chi connectivity index (χ0v) is 10.5. The van der Waals surface area contributed by atoms with E-state index in [-0.39, 0.29) is 5.91 Å². The van der Waals surface area contributed by atoms with Gasteiger partial charge in [-0.15, -0.1) is 11.8 Å². The molecule has 1 aromatic carbocycles. The molecule has 3 nitrogen and oxygen atoms in total. The van der Waals surface area contributed by atoms with Crippen LogP contribution in [0.3, 0.4) is 0 Å². The topological polar surface area (TPSA) is 40.5 Å². The van der Waals surface area contributed by atoms with Crippen molar-refractivity contribution in [2.24, 2.45) is 0 Å². The van der Waals surface area contributed by atoms with Gasteiger partial charge in [0, 0.05) is 18.0 Å². The average molecular weight is 251 g/mol. The van der Waals surface area contributed by atoms with Gasteiger partial charge in [-0.2, -0.15) is 0 Å². The number of amides is 1. The molecule has 0 bridgehead atoms. The minimum absolute atomic E-state index is 0.0854. The largest absolute Gasteiger partial charge is 0.391 e. The van der Waals surface area contributed by atoms with Crippen molar-refractivity contribution >= 4 is 17.7 Å². The van der Waals surface area contributed by atoms with Crippen LogP contribution in [0, 0.1) is 0 Å². The van der Waals surface area contributed by atoms with Gasteiger partial charge in [-0.3, -0.25) is 4.79 Å². The van der Waals surface area contributed by atoms with Crippen molar-refractivity contribution in [3.8, 4) is 0 Å². The maximum Gasteiger partial charge on any atom is 0.225 e. The van der Waals surface area contributed by atoms with Crippen molar-refractivity contribution in [2.75, 3.05) is 18.8 Å². The van der Waals surface area contributed by atoms with Gasteiger partial charge in [0.2, 0.25) is 5.91 Å². The van der Waals surface area contributed by atoms with E-state index >= 15 is 0 Å². The Kier molecular flexibility index (Phi) is 4.45. The van der Waals surface area contributed by atoms with E-state index in [0.717, 1.165) is 18.7 Å². The number of likely N-dealkylation sites (tertiary alicyclic amines) is 1. The molecule has 1 atom stereocenters. The number of aliphatic hydroxyl groups excluding tert-OH is 1. The number of rotatable bonds is 5. The maximum absolute atomic E-state index is 11.4. The molecule has 2 rings (SSSR count). The van der Waals surface area contributed by atoms with Gasteiger partial charge in [0.15, 0.2) is 0 Å². The molecule has 4 heteroatoms. The van der Waals surface area contributed by atoms with Crippen LogP contribution in [-0.2, 0) is 4.79 Å². The normalized spacial score (nSPS) is 19.9. The molecule has 0 aromatic heterocycles. The monoisotopic (exact) mass is 251 g/mol. The molecule has 0 saturated carbocycles. The Bertz CT molecular complexity index is 369. The Balaban J connectivity index is 1.65. The predicted octanol–water partition coefficient (Wildman–Crippen LogP) is 1.76. The number of aliphatic hydroxyl groups is 1. The molecule has 92 valence electrons. The van der Waals surface area contributed by atoms with Crippen molar-refractivity contribution < 1.29 is 9.90 Å². The summed E-state index contributed by atoms with van der Waals surface area (Å²) in [5.41, 5.74) is 0. The van der Waals surface area contributed by atoms with Gasteiger partial charge in [0.1, 0.15) is 0 Å². The lowest BCUT2D eigenvalue weighted by Gasteiger charge is -2.15. The highest BCUT2D eigenvalue weighted by atomic mass is 32.2. The van der Waals surface area contributed by atoms with Crippen molar-refractivity contribution in [1.29, 1.82) is 0 Å². The minimum Gasteiger partial charge on any atom is -0.391 e. The summed E-state index contributed by atoms with van der Waals surface area (Å²) < 4.78 is 0. The molecule has 1 aliphatic heterocycles. The molecule has 1 amide bonds. The summed E-state index contributed by atoms with van der Waals surface area (Å²) in [6.45, 7) is 1.27. The van der Waals surface area contributed by atoms with Crippen LogP contribution >= 0.6 is 11.8 Å². The highest BCUT2D eigenvalue weighted by molar-refractivity contribution is 7.99. The number of nitrogens with zero attached hydrogens (tertiary/aromatic N) is 1. The third-order valence-corrected chi connectivity index (χ3v) is 3.88.